The first-order valence-electron chi connectivity index (χ1n) is 4.58. The minimum absolute atomic E-state index is 0.681. The van der Waals surface area contributed by atoms with Crippen molar-refractivity contribution in [2.45, 2.75) is 44.1 Å². The average Bonchev–Trinajstić information content (AvgIpc) is 2.40. The van der Waals surface area contributed by atoms with Crippen molar-refractivity contribution in [2.75, 3.05) is 6.54 Å². The van der Waals surface area contributed by atoms with Crippen LogP contribution in [0.3, 0.4) is 0 Å². The molecule has 0 atom stereocenters. The van der Waals surface area contributed by atoms with Gasteiger partial charge in [0.05, 0.1) is 0 Å². The fraction of sp³-hybridized carbons (Fsp3) is 1.00. The van der Waals surface area contributed by atoms with Gasteiger partial charge in [-0.05, 0) is 37.5 Å². The van der Waals surface area contributed by atoms with E-state index >= 15 is 0 Å². The van der Waals surface area contributed by atoms with Crippen molar-refractivity contribution < 1.29 is 0 Å². The van der Waals surface area contributed by atoms with E-state index < -0.39 is 0 Å². The van der Waals surface area contributed by atoms with Gasteiger partial charge in [-0.3, -0.25) is 0 Å². The zero-order valence-electron chi connectivity index (χ0n) is 6.45. The van der Waals surface area contributed by atoms with Gasteiger partial charge in [-0.25, -0.2) is 0 Å². The van der Waals surface area contributed by atoms with Crippen molar-refractivity contribution >= 4 is 0 Å². The van der Waals surface area contributed by atoms with Gasteiger partial charge in [-0.2, -0.15) is 0 Å². The van der Waals surface area contributed by atoms with Crippen molar-refractivity contribution in [3.8, 4) is 0 Å². The smallest absolute Gasteiger partial charge is 0.0188 e. The van der Waals surface area contributed by atoms with E-state index in [9.17, 15) is 0 Å². The minimum Gasteiger partial charge on any atom is -0.311 e. The highest BCUT2D eigenvalue weighted by Crippen LogP contribution is 2.57. The molecule has 56 valence electrons. The van der Waals surface area contributed by atoms with Gasteiger partial charge in [0.1, 0.15) is 0 Å². The summed E-state index contributed by atoms with van der Waals surface area (Å²) in [6.07, 6.45) is 8.98. The van der Waals surface area contributed by atoms with E-state index in [-0.39, 0.29) is 0 Å². The highest BCUT2D eigenvalue weighted by molar-refractivity contribution is 5.14. The third-order valence-corrected chi connectivity index (χ3v) is 3.82. The van der Waals surface area contributed by atoms with Crippen molar-refractivity contribution in [1.82, 2.24) is 5.32 Å². The van der Waals surface area contributed by atoms with Crippen LogP contribution >= 0.6 is 0 Å². The predicted molar refractivity (Wildman–Crippen MR) is 40.9 cm³/mol. The second-order valence-electron chi connectivity index (χ2n) is 4.66. The normalized spacial score (nSPS) is 38.4. The summed E-state index contributed by atoms with van der Waals surface area (Å²) in [4.78, 5) is 0. The maximum atomic E-state index is 3.70. The number of hydrogen-bond donors (Lipinski definition) is 1. The molecule has 1 heteroatoms. The van der Waals surface area contributed by atoms with E-state index in [1.54, 1.807) is 0 Å². The molecule has 2 spiro atoms. The average molecular weight is 137 g/mol. The molecule has 1 saturated heterocycles. The largest absolute Gasteiger partial charge is 0.311 e. The Morgan fingerprint density at radius 2 is 1.80 bits per heavy atom. The Labute approximate surface area is 62.2 Å². The molecule has 0 radical (unpaired) electrons. The first-order valence-corrected chi connectivity index (χ1v) is 4.58. The van der Waals surface area contributed by atoms with Gasteiger partial charge in [0.15, 0.2) is 0 Å². The first kappa shape index (κ1) is 5.59. The number of nitrogens with one attached hydrogen (secondary N) is 1. The fourth-order valence-corrected chi connectivity index (χ4v) is 2.75. The van der Waals surface area contributed by atoms with Gasteiger partial charge in [0.25, 0.3) is 0 Å². The van der Waals surface area contributed by atoms with Crippen LogP contribution in [0.2, 0.25) is 0 Å². The summed E-state index contributed by atoms with van der Waals surface area (Å²) in [5.41, 5.74) is 1.48. The second-order valence-corrected chi connectivity index (χ2v) is 4.66. The molecule has 0 bridgehead atoms. The Morgan fingerprint density at radius 1 is 1.00 bits per heavy atom. The summed E-state index contributed by atoms with van der Waals surface area (Å²) in [5.74, 6) is 0. The third kappa shape index (κ3) is 0.572. The molecule has 3 aliphatic rings. The van der Waals surface area contributed by atoms with Crippen LogP contribution in [0, 0.1) is 5.41 Å². The van der Waals surface area contributed by atoms with E-state index in [0.717, 1.165) is 5.41 Å². The van der Waals surface area contributed by atoms with E-state index in [1.807, 2.05) is 0 Å². The molecular formula is C9H15N. The maximum absolute atomic E-state index is 3.70. The monoisotopic (exact) mass is 137 g/mol. The van der Waals surface area contributed by atoms with Crippen molar-refractivity contribution in [1.29, 1.82) is 0 Å². The van der Waals surface area contributed by atoms with Crippen LogP contribution < -0.4 is 5.32 Å². The number of hydrogen-bond acceptors (Lipinski definition) is 1. The molecule has 2 saturated carbocycles. The lowest BCUT2D eigenvalue weighted by molar-refractivity contribution is 0.157. The predicted octanol–water partition coefficient (Wildman–Crippen LogP) is 1.68. The van der Waals surface area contributed by atoms with Crippen molar-refractivity contribution in [3.05, 3.63) is 0 Å². The molecule has 0 aromatic carbocycles. The Kier molecular flexibility index (Phi) is 0.797. The van der Waals surface area contributed by atoms with Gasteiger partial charge in [0, 0.05) is 12.1 Å². The summed E-state index contributed by atoms with van der Waals surface area (Å²) in [5, 5.41) is 3.70. The Morgan fingerprint density at radius 3 is 2.10 bits per heavy atom. The zero-order valence-corrected chi connectivity index (χ0v) is 6.45. The molecule has 1 nitrogen and oxygen atoms in total. The molecule has 0 aromatic heterocycles. The lowest BCUT2D eigenvalue weighted by Gasteiger charge is -2.37. The van der Waals surface area contributed by atoms with Crippen LogP contribution in [0.25, 0.3) is 0 Å². The molecule has 1 aliphatic heterocycles. The topological polar surface area (TPSA) is 12.0 Å². The van der Waals surface area contributed by atoms with Crippen LogP contribution in [-0.4, -0.2) is 12.1 Å². The van der Waals surface area contributed by atoms with Crippen LogP contribution in [-0.2, 0) is 0 Å². The van der Waals surface area contributed by atoms with Gasteiger partial charge in [-0.1, -0.05) is 6.42 Å². The molecule has 1 N–H and O–H groups in total. The summed E-state index contributed by atoms with van der Waals surface area (Å²) < 4.78 is 0. The molecular weight excluding hydrogens is 122 g/mol. The molecule has 0 aromatic rings. The van der Waals surface area contributed by atoms with Gasteiger partial charge >= 0.3 is 0 Å². The summed E-state index contributed by atoms with van der Waals surface area (Å²) in [6, 6.07) is 0. The second kappa shape index (κ2) is 1.42. The highest BCUT2D eigenvalue weighted by atomic mass is 15.1. The number of rotatable bonds is 0. The van der Waals surface area contributed by atoms with E-state index in [1.165, 1.54) is 45.1 Å². The molecule has 3 fully saturated rings. The van der Waals surface area contributed by atoms with E-state index in [0.29, 0.717) is 5.54 Å². The first-order chi connectivity index (χ1) is 4.83. The summed E-state index contributed by atoms with van der Waals surface area (Å²) in [7, 11) is 0. The van der Waals surface area contributed by atoms with Crippen LogP contribution in [0.5, 0.6) is 0 Å². The van der Waals surface area contributed by atoms with Gasteiger partial charge < -0.3 is 5.32 Å². The van der Waals surface area contributed by atoms with Crippen LogP contribution in [0.15, 0.2) is 0 Å². The highest BCUT2D eigenvalue weighted by Gasteiger charge is 2.56. The maximum Gasteiger partial charge on any atom is 0.0188 e. The lowest BCUT2D eigenvalue weighted by atomic mass is 9.67. The fourth-order valence-electron chi connectivity index (χ4n) is 2.75. The van der Waals surface area contributed by atoms with Crippen LogP contribution in [0.1, 0.15) is 38.5 Å². The van der Waals surface area contributed by atoms with Crippen LogP contribution in [0.4, 0.5) is 0 Å². The molecule has 1 heterocycles. The Balaban J connectivity index is 1.80. The van der Waals surface area contributed by atoms with Crippen molar-refractivity contribution in [3.63, 3.8) is 0 Å². The van der Waals surface area contributed by atoms with E-state index in [4.69, 9.17) is 0 Å². The Bertz CT molecular complexity index is 166. The zero-order chi connectivity index (χ0) is 6.66. The molecule has 2 aliphatic carbocycles. The lowest BCUT2D eigenvalue weighted by Crippen LogP contribution is -2.31. The van der Waals surface area contributed by atoms with E-state index in [2.05, 4.69) is 5.32 Å². The van der Waals surface area contributed by atoms with Crippen molar-refractivity contribution in [2.24, 2.45) is 5.41 Å². The third-order valence-electron chi connectivity index (χ3n) is 3.82. The summed E-state index contributed by atoms with van der Waals surface area (Å²) in [6.45, 7) is 1.34. The molecule has 10 heavy (non-hydrogen) atoms. The SMILES string of the molecule is C1CC2(C1)CNC1(CC1)C2. The molecule has 3 rings (SSSR count). The standard InChI is InChI=1S/C9H15N/c1-2-8(3-1)6-9(4-5-9)10-7-8/h10H,1-7H2. The Hall–Kier alpha value is -0.0400. The quantitative estimate of drug-likeness (QED) is 0.535. The van der Waals surface area contributed by atoms with Gasteiger partial charge in [-0.15, -0.1) is 0 Å². The summed E-state index contributed by atoms with van der Waals surface area (Å²) >= 11 is 0. The minimum atomic E-state index is 0.681. The molecule has 0 amide bonds. The molecule has 0 unspecified atom stereocenters. The van der Waals surface area contributed by atoms with Gasteiger partial charge in [0.2, 0.25) is 0 Å².